The van der Waals surface area contributed by atoms with E-state index < -0.39 is 18.0 Å². The molecule has 7 heteroatoms. The lowest BCUT2D eigenvalue weighted by Crippen LogP contribution is -2.35. The molecule has 1 atom stereocenters. The standard InChI is InChI=1S/C8H15NO6/c1-12-4-14-7(10)3-6(9)8(11)15-5-13-2/h6H,3-5,9H2,1-2H3/t6-/m0/s1. The minimum atomic E-state index is -1.05. The molecule has 0 amide bonds. The van der Waals surface area contributed by atoms with Gasteiger partial charge in [-0.3, -0.25) is 9.59 Å². The Morgan fingerprint density at radius 2 is 1.67 bits per heavy atom. The first-order valence-corrected chi connectivity index (χ1v) is 4.17. The Hall–Kier alpha value is -1.18. The van der Waals surface area contributed by atoms with Gasteiger partial charge in [0.1, 0.15) is 6.04 Å². The average Bonchev–Trinajstić information content (AvgIpc) is 2.22. The van der Waals surface area contributed by atoms with Crippen molar-refractivity contribution in [2.24, 2.45) is 5.73 Å². The molecule has 0 bridgehead atoms. The van der Waals surface area contributed by atoms with Crippen LogP contribution in [0.5, 0.6) is 0 Å². The van der Waals surface area contributed by atoms with Crippen LogP contribution in [0.2, 0.25) is 0 Å². The molecule has 0 aliphatic rings. The number of nitrogens with two attached hydrogens (primary N) is 1. The monoisotopic (exact) mass is 221 g/mol. The molecule has 0 spiro atoms. The fourth-order valence-electron chi connectivity index (χ4n) is 0.671. The summed E-state index contributed by atoms with van der Waals surface area (Å²) in [6.45, 7) is -0.363. The van der Waals surface area contributed by atoms with Gasteiger partial charge in [-0.15, -0.1) is 0 Å². The van der Waals surface area contributed by atoms with E-state index >= 15 is 0 Å². The van der Waals surface area contributed by atoms with Crippen LogP contribution in [-0.2, 0) is 28.5 Å². The van der Waals surface area contributed by atoms with Crippen LogP contribution in [0.3, 0.4) is 0 Å². The Morgan fingerprint density at radius 3 is 2.20 bits per heavy atom. The summed E-state index contributed by atoms with van der Waals surface area (Å²) >= 11 is 0. The molecule has 7 nitrogen and oxygen atoms in total. The van der Waals surface area contributed by atoms with Gasteiger partial charge < -0.3 is 24.7 Å². The van der Waals surface area contributed by atoms with E-state index in [1.165, 1.54) is 14.2 Å². The van der Waals surface area contributed by atoms with E-state index in [9.17, 15) is 9.59 Å². The highest BCUT2D eigenvalue weighted by Gasteiger charge is 2.19. The first-order chi connectivity index (χ1) is 7.11. The summed E-state index contributed by atoms with van der Waals surface area (Å²) in [6.07, 6.45) is -0.258. The molecule has 0 aliphatic carbocycles. The van der Waals surface area contributed by atoms with Crippen molar-refractivity contribution >= 4 is 11.9 Å². The van der Waals surface area contributed by atoms with Crippen LogP contribution >= 0.6 is 0 Å². The van der Waals surface area contributed by atoms with E-state index in [1.54, 1.807) is 0 Å². The van der Waals surface area contributed by atoms with Crippen molar-refractivity contribution in [3.05, 3.63) is 0 Å². The van der Waals surface area contributed by atoms with Crippen LogP contribution in [0.1, 0.15) is 6.42 Å². The highest BCUT2D eigenvalue weighted by Crippen LogP contribution is 1.95. The van der Waals surface area contributed by atoms with E-state index in [2.05, 4.69) is 18.9 Å². The van der Waals surface area contributed by atoms with E-state index in [1.807, 2.05) is 0 Å². The number of ether oxygens (including phenoxy) is 4. The van der Waals surface area contributed by atoms with E-state index in [4.69, 9.17) is 5.73 Å². The van der Waals surface area contributed by atoms with Gasteiger partial charge in [-0.2, -0.15) is 0 Å². The zero-order chi connectivity index (χ0) is 11.7. The second-order valence-electron chi connectivity index (χ2n) is 2.60. The minimum absolute atomic E-state index is 0.168. The summed E-state index contributed by atoms with van der Waals surface area (Å²) in [4.78, 5) is 22.0. The van der Waals surface area contributed by atoms with Gasteiger partial charge in [-0.05, 0) is 0 Å². The normalized spacial score (nSPS) is 11.9. The maximum absolute atomic E-state index is 11.0. The molecule has 2 N–H and O–H groups in total. The Balaban J connectivity index is 3.75. The maximum Gasteiger partial charge on any atom is 0.325 e. The topological polar surface area (TPSA) is 97.1 Å². The van der Waals surface area contributed by atoms with Crippen molar-refractivity contribution in [2.75, 3.05) is 27.8 Å². The SMILES string of the molecule is COCOC(=O)C[C@H](N)C(=O)OCOC. The lowest BCUT2D eigenvalue weighted by molar-refractivity contribution is -0.162. The molecule has 0 saturated heterocycles. The Labute approximate surface area is 87.4 Å². The van der Waals surface area contributed by atoms with E-state index in [-0.39, 0.29) is 20.0 Å². The predicted molar refractivity (Wildman–Crippen MR) is 48.5 cm³/mol. The molecule has 0 saturated carbocycles. The molecule has 0 aromatic rings. The van der Waals surface area contributed by atoms with E-state index in [0.717, 1.165) is 0 Å². The highest BCUT2D eigenvalue weighted by molar-refractivity contribution is 5.82. The minimum Gasteiger partial charge on any atom is -0.438 e. The molecule has 0 aliphatic heterocycles. The van der Waals surface area contributed by atoms with Gasteiger partial charge in [0.05, 0.1) is 6.42 Å². The molecule has 0 unspecified atom stereocenters. The van der Waals surface area contributed by atoms with Gasteiger partial charge in [0.25, 0.3) is 0 Å². The number of carbonyl (C=O) groups is 2. The Morgan fingerprint density at radius 1 is 1.13 bits per heavy atom. The van der Waals surface area contributed by atoms with Crippen LogP contribution in [0, 0.1) is 0 Å². The second kappa shape index (κ2) is 8.16. The third-order valence-corrected chi connectivity index (χ3v) is 1.35. The van der Waals surface area contributed by atoms with Gasteiger partial charge in [-0.1, -0.05) is 0 Å². The molecular formula is C8H15NO6. The van der Waals surface area contributed by atoms with Crippen molar-refractivity contribution in [1.29, 1.82) is 0 Å². The van der Waals surface area contributed by atoms with Crippen molar-refractivity contribution < 1.29 is 28.5 Å². The summed E-state index contributed by atoms with van der Waals surface area (Å²) in [5.74, 6) is -1.34. The third-order valence-electron chi connectivity index (χ3n) is 1.35. The van der Waals surface area contributed by atoms with Crippen molar-refractivity contribution in [3.8, 4) is 0 Å². The molecule has 0 aromatic heterocycles. The third kappa shape index (κ3) is 6.83. The molecule has 0 heterocycles. The number of esters is 2. The molecule has 0 radical (unpaired) electrons. The molecule has 0 rings (SSSR count). The smallest absolute Gasteiger partial charge is 0.325 e. The molecular weight excluding hydrogens is 206 g/mol. The number of methoxy groups -OCH3 is 2. The summed E-state index contributed by atoms with van der Waals surface area (Å²) in [7, 11) is 2.74. The molecule has 88 valence electrons. The van der Waals surface area contributed by atoms with Gasteiger partial charge in [0.2, 0.25) is 0 Å². The number of hydrogen-bond donors (Lipinski definition) is 1. The van der Waals surface area contributed by atoms with Crippen LogP contribution < -0.4 is 5.73 Å². The number of carbonyl (C=O) groups excluding carboxylic acids is 2. The summed E-state index contributed by atoms with van der Waals surface area (Å²) < 4.78 is 18.1. The summed E-state index contributed by atoms with van der Waals surface area (Å²) in [6, 6.07) is -1.05. The molecule has 0 aromatic carbocycles. The highest BCUT2D eigenvalue weighted by atomic mass is 16.7. The number of rotatable bonds is 7. The summed E-state index contributed by atoms with van der Waals surface area (Å²) in [5.41, 5.74) is 5.36. The van der Waals surface area contributed by atoms with Crippen molar-refractivity contribution in [3.63, 3.8) is 0 Å². The molecule has 0 fully saturated rings. The summed E-state index contributed by atoms with van der Waals surface area (Å²) in [5, 5.41) is 0. The zero-order valence-electron chi connectivity index (χ0n) is 8.73. The van der Waals surface area contributed by atoms with Crippen LogP contribution in [0.15, 0.2) is 0 Å². The predicted octanol–water partition coefficient (Wildman–Crippen LogP) is -1.00. The van der Waals surface area contributed by atoms with Gasteiger partial charge in [-0.25, -0.2) is 0 Å². The van der Waals surface area contributed by atoms with Crippen molar-refractivity contribution in [1.82, 2.24) is 0 Å². The Bertz CT molecular complexity index is 207. The van der Waals surface area contributed by atoms with Gasteiger partial charge in [0, 0.05) is 14.2 Å². The maximum atomic E-state index is 11.0. The fraction of sp³-hybridized carbons (Fsp3) is 0.750. The second-order valence-corrected chi connectivity index (χ2v) is 2.60. The van der Waals surface area contributed by atoms with Gasteiger partial charge in [0.15, 0.2) is 13.6 Å². The zero-order valence-corrected chi connectivity index (χ0v) is 8.73. The first kappa shape index (κ1) is 13.8. The lowest BCUT2D eigenvalue weighted by Gasteiger charge is -2.10. The Kier molecular flexibility index (Phi) is 7.51. The largest absolute Gasteiger partial charge is 0.438 e. The van der Waals surface area contributed by atoms with Crippen molar-refractivity contribution in [2.45, 2.75) is 12.5 Å². The fourth-order valence-corrected chi connectivity index (χ4v) is 0.671. The average molecular weight is 221 g/mol. The first-order valence-electron chi connectivity index (χ1n) is 4.17. The molecule has 15 heavy (non-hydrogen) atoms. The van der Waals surface area contributed by atoms with E-state index in [0.29, 0.717) is 0 Å². The van der Waals surface area contributed by atoms with Crippen LogP contribution in [-0.4, -0.2) is 45.8 Å². The van der Waals surface area contributed by atoms with Crippen LogP contribution in [0.4, 0.5) is 0 Å². The van der Waals surface area contributed by atoms with Crippen LogP contribution in [0.25, 0.3) is 0 Å². The quantitative estimate of drug-likeness (QED) is 0.435. The lowest BCUT2D eigenvalue weighted by atomic mass is 10.2. The number of hydrogen-bond acceptors (Lipinski definition) is 7. The van der Waals surface area contributed by atoms with Gasteiger partial charge >= 0.3 is 11.9 Å².